The second-order valence-corrected chi connectivity index (χ2v) is 7.53. The second kappa shape index (κ2) is 8.76. The summed E-state index contributed by atoms with van der Waals surface area (Å²) in [6.45, 7) is 3.44. The van der Waals surface area contributed by atoms with Crippen LogP contribution in [0.1, 0.15) is 35.6 Å². The van der Waals surface area contributed by atoms with E-state index in [2.05, 4.69) is 10.2 Å². The molecular formula is C20H19Cl2F3N4O2. The third-order valence-electron chi connectivity index (χ3n) is 4.45. The first-order valence-electron chi connectivity index (χ1n) is 8.76. The van der Waals surface area contributed by atoms with Gasteiger partial charge < -0.3 is 15.0 Å². The number of nitrogens with zero attached hydrogens (tertiary/aromatic N) is 3. The fourth-order valence-electron chi connectivity index (χ4n) is 3.06. The van der Waals surface area contributed by atoms with E-state index in [9.17, 15) is 18.0 Å². The van der Waals surface area contributed by atoms with Crippen molar-refractivity contribution >= 4 is 29.9 Å². The molecule has 2 aromatic carbocycles. The zero-order chi connectivity index (χ0) is 22.3. The van der Waals surface area contributed by atoms with Gasteiger partial charge in [-0.05, 0) is 56.3 Å². The number of halogens is 5. The molecule has 11 heteroatoms. The minimum Gasteiger partial charge on any atom is -0.480 e. The lowest BCUT2D eigenvalue weighted by molar-refractivity contribution is -0.137. The van der Waals surface area contributed by atoms with E-state index in [1.807, 2.05) is 0 Å². The van der Waals surface area contributed by atoms with Crippen molar-refractivity contribution in [2.45, 2.75) is 25.6 Å². The number of benzene rings is 2. The number of nitrogens with two attached hydrogens (primary N) is 1. The van der Waals surface area contributed by atoms with E-state index in [1.54, 1.807) is 45.2 Å². The van der Waals surface area contributed by atoms with Gasteiger partial charge in [-0.25, -0.2) is 0 Å². The van der Waals surface area contributed by atoms with Crippen molar-refractivity contribution in [2.24, 2.45) is 12.8 Å². The summed E-state index contributed by atoms with van der Waals surface area (Å²) in [6, 6.07) is 9.75. The molecule has 1 heterocycles. The molecule has 3 aromatic rings. The third-order valence-corrected chi connectivity index (χ3v) is 4.70. The summed E-state index contributed by atoms with van der Waals surface area (Å²) < 4.78 is 48.3. The number of hydrogen-bond donors (Lipinski definition) is 1. The van der Waals surface area contributed by atoms with Gasteiger partial charge in [-0.2, -0.15) is 13.2 Å². The van der Waals surface area contributed by atoms with E-state index in [0.29, 0.717) is 22.7 Å². The summed E-state index contributed by atoms with van der Waals surface area (Å²) >= 11 is 5.88. The monoisotopic (exact) mass is 474 g/mol. The topological polar surface area (TPSA) is 83.0 Å². The minimum atomic E-state index is -4.72. The molecule has 1 aromatic heterocycles. The van der Waals surface area contributed by atoms with Crippen molar-refractivity contribution < 1.29 is 22.7 Å². The molecule has 2 N–H and O–H groups in total. The van der Waals surface area contributed by atoms with Crippen LogP contribution < -0.4 is 10.5 Å². The molecular weight excluding hydrogens is 456 g/mol. The molecule has 0 atom stereocenters. The van der Waals surface area contributed by atoms with Gasteiger partial charge in [0, 0.05) is 23.2 Å². The van der Waals surface area contributed by atoms with Gasteiger partial charge in [0.1, 0.15) is 5.75 Å². The highest BCUT2D eigenvalue weighted by Gasteiger charge is 2.37. The van der Waals surface area contributed by atoms with Crippen LogP contribution in [0, 0.1) is 0 Å². The van der Waals surface area contributed by atoms with Crippen LogP contribution in [0.5, 0.6) is 5.75 Å². The van der Waals surface area contributed by atoms with Crippen LogP contribution in [0.15, 0.2) is 42.5 Å². The first-order chi connectivity index (χ1) is 13.9. The highest BCUT2D eigenvalue weighted by molar-refractivity contribution is 6.30. The molecule has 0 fully saturated rings. The van der Waals surface area contributed by atoms with E-state index in [-0.39, 0.29) is 29.4 Å². The Morgan fingerprint density at radius 2 is 1.71 bits per heavy atom. The highest BCUT2D eigenvalue weighted by Crippen LogP contribution is 2.38. The first-order valence-corrected chi connectivity index (χ1v) is 9.14. The normalized spacial score (nSPS) is 11.7. The smallest absolute Gasteiger partial charge is 0.417 e. The number of rotatable bonds is 5. The molecule has 31 heavy (non-hydrogen) atoms. The maximum atomic E-state index is 13.6. The van der Waals surface area contributed by atoms with Crippen molar-refractivity contribution in [1.82, 2.24) is 14.8 Å². The second-order valence-electron chi connectivity index (χ2n) is 7.09. The molecule has 0 radical (unpaired) electrons. The Labute approximate surface area is 187 Å². The van der Waals surface area contributed by atoms with Gasteiger partial charge in [0.25, 0.3) is 0 Å². The molecule has 3 rings (SSSR count). The molecule has 0 spiro atoms. The van der Waals surface area contributed by atoms with Gasteiger partial charge in [0.2, 0.25) is 5.91 Å². The van der Waals surface area contributed by atoms with Crippen LogP contribution in [0.3, 0.4) is 0 Å². The molecule has 0 aliphatic heterocycles. The molecule has 0 saturated carbocycles. The van der Waals surface area contributed by atoms with Crippen LogP contribution in [-0.2, 0) is 18.8 Å². The predicted molar refractivity (Wildman–Crippen MR) is 112 cm³/mol. The molecule has 0 unspecified atom stereocenters. The Morgan fingerprint density at radius 3 is 2.26 bits per heavy atom. The van der Waals surface area contributed by atoms with Crippen LogP contribution >= 0.6 is 24.0 Å². The van der Waals surface area contributed by atoms with Crippen molar-refractivity contribution in [3.63, 3.8) is 0 Å². The summed E-state index contributed by atoms with van der Waals surface area (Å²) in [4.78, 5) is 11.3. The van der Waals surface area contributed by atoms with Crippen molar-refractivity contribution in [1.29, 1.82) is 0 Å². The van der Waals surface area contributed by atoms with Crippen LogP contribution in [-0.4, -0.2) is 20.7 Å². The quantitative estimate of drug-likeness (QED) is 0.564. The molecule has 0 bridgehead atoms. The van der Waals surface area contributed by atoms with Gasteiger partial charge in [-0.3, -0.25) is 4.79 Å². The number of carbonyl (C=O) groups excluding carboxylic acids is 1. The molecule has 0 aliphatic rings. The maximum absolute atomic E-state index is 13.6. The van der Waals surface area contributed by atoms with E-state index in [4.69, 9.17) is 22.1 Å². The lowest BCUT2D eigenvalue weighted by atomic mass is 10.0. The Kier molecular flexibility index (Phi) is 6.92. The van der Waals surface area contributed by atoms with Gasteiger partial charge in [-0.15, -0.1) is 22.6 Å². The largest absolute Gasteiger partial charge is 0.480 e. The van der Waals surface area contributed by atoms with Gasteiger partial charge >= 0.3 is 6.18 Å². The third kappa shape index (κ3) is 5.11. The molecule has 0 aliphatic carbocycles. The van der Waals surface area contributed by atoms with Crippen molar-refractivity contribution in [2.75, 3.05) is 0 Å². The standard InChI is InChI=1S/C20H18ClF3N4O2.ClH/c1-19(2,30-13-7-5-12(21)6-8-13)18-27-26-17(28(18)3)14-9-4-11(16(25)29)10-15(14)20(22,23)24;/h4-10H,1-3H3,(H2,25,29);1H. The Balaban J connectivity index is 0.00000341. The van der Waals surface area contributed by atoms with Crippen LogP contribution in [0.25, 0.3) is 11.4 Å². The Hall–Kier alpha value is -2.78. The summed E-state index contributed by atoms with van der Waals surface area (Å²) in [7, 11) is 1.54. The lowest BCUT2D eigenvalue weighted by Crippen LogP contribution is -2.29. The molecule has 166 valence electrons. The zero-order valence-corrected chi connectivity index (χ0v) is 18.3. The number of hydrogen-bond acceptors (Lipinski definition) is 4. The van der Waals surface area contributed by atoms with Gasteiger partial charge in [0.05, 0.1) is 5.56 Å². The Morgan fingerprint density at radius 1 is 1.10 bits per heavy atom. The number of carbonyl (C=O) groups is 1. The minimum absolute atomic E-state index is 0. The zero-order valence-electron chi connectivity index (χ0n) is 16.7. The number of alkyl halides is 3. The van der Waals surface area contributed by atoms with E-state index in [1.165, 1.54) is 10.6 Å². The van der Waals surface area contributed by atoms with Gasteiger partial charge in [0.15, 0.2) is 17.2 Å². The van der Waals surface area contributed by atoms with E-state index in [0.717, 1.165) is 6.07 Å². The van der Waals surface area contributed by atoms with Crippen LogP contribution in [0.4, 0.5) is 13.2 Å². The fraction of sp³-hybridized carbons (Fsp3) is 0.250. The summed E-state index contributed by atoms with van der Waals surface area (Å²) in [5.74, 6) is -0.167. The lowest BCUT2D eigenvalue weighted by Gasteiger charge is -2.25. The number of ether oxygens (including phenoxy) is 1. The fourth-order valence-corrected chi connectivity index (χ4v) is 3.18. The van der Waals surface area contributed by atoms with Crippen LogP contribution in [0.2, 0.25) is 5.02 Å². The van der Waals surface area contributed by atoms with Crippen molar-refractivity contribution in [3.05, 3.63) is 64.4 Å². The predicted octanol–water partition coefficient (Wildman–Crippen LogP) is 4.99. The first kappa shape index (κ1) is 24.5. The summed E-state index contributed by atoms with van der Waals surface area (Å²) in [6.07, 6.45) is -4.72. The van der Waals surface area contributed by atoms with Gasteiger partial charge in [-0.1, -0.05) is 11.6 Å². The summed E-state index contributed by atoms with van der Waals surface area (Å²) in [5.41, 5.74) is 2.60. The highest BCUT2D eigenvalue weighted by atomic mass is 35.5. The number of primary amides is 1. The SMILES string of the molecule is Cl.Cn1c(-c2ccc(C(N)=O)cc2C(F)(F)F)nnc1C(C)(C)Oc1ccc(Cl)cc1. The maximum Gasteiger partial charge on any atom is 0.417 e. The van der Waals surface area contributed by atoms with E-state index >= 15 is 0 Å². The van der Waals surface area contributed by atoms with E-state index < -0.39 is 23.2 Å². The number of aromatic nitrogens is 3. The average Bonchev–Trinajstić information content (AvgIpc) is 3.04. The summed E-state index contributed by atoms with van der Waals surface area (Å²) in [5, 5.41) is 8.56. The molecule has 6 nitrogen and oxygen atoms in total. The average molecular weight is 475 g/mol. The molecule has 1 amide bonds. The van der Waals surface area contributed by atoms with Crippen molar-refractivity contribution in [3.8, 4) is 17.1 Å². The molecule has 0 saturated heterocycles. The number of amides is 1. The Bertz CT molecular complexity index is 1100.